The first-order chi connectivity index (χ1) is 3.30. The van der Waals surface area contributed by atoms with Crippen molar-refractivity contribution in [2.75, 3.05) is 20.1 Å². The maximum absolute atomic E-state index is 10.5. The van der Waals surface area contributed by atoms with Gasteiger partial charge in [0.25, 0.3) is 0 Å². The van der Waals surface area contributed by atoms with Crippen molar-refractivity contribution in [3.63, 3.8) is 0 Å². The van der Waals surface area contributed by atoms with Gasteiger partial charge in [0.05, 0.1) is 13.1 Å². The van der Waals surface area contributed by atoms with Gasteiger partial charge in [-0.25, -0.2) is 0 Å². The molecule has 0 radical (unpaired) electrons. The highest BCUT2D eigenvalue weighted by Crippen LogP contribution is 1.82. The van der Waals surface area contributed by atoms with Crippen molar-refractivity contribution >= 4 is 0 Å². The van der Waals surface area contributed by atoms with E-state index in [9.17, 15) is 5.21 Å². The van der Waals surface area contributed by atoms with Gasteiger partial charge < -0.3 is 5.21 Å². The van der Waals surface area contributed by atoms with E-state index >= 15 is 0 Å². The zero-order chi connectivity index (χ0) is 5.28. The van der Waals surface area contributed by atoms with Crippen LogP contribution in [0.4, 0.5) is 0 Å². The molecule has 1 rings (SSSR count). The van der Waals surface area contributed by atoms with Gasteiger partial charge in [-0.1, -0.05) is 0 Å². The third kappa shape index (κ3) is 0.907. The van der Waals surface area contributed by atoms with E-state index in [2.05, 4.69) is 0 Å². The third-order valence-corrected chi connectivity index (χ3v) is 1.31. The van der Waals surface area contributed by atoms with Crippen LogP contribution in [0, 0.1) is 5.21 Å². The molecule has 3 nitrogen and oxygen atoms in total. The molecule has 0 saturated carbocycles. The van der Waals surface area contributed by atoms with Crippen LogP contribution >= 0.6 is 0 Å². The second-order valence-corrected chi connectivity index (χ2v) is 1.92. The van der Waals surface area contributed by atoms with E-state index in [0.717, 1.165) is 19.5 Å². The van der Waals surface area contributed by atoms with E-state index in [1.165, 1.54) is 0 Å². The van der Waals surface area contributed by atoms with Gasteiger partial charge in [0.2, 0.25) is 0 Å². The largest absolute Gasteiger partial charge is 0.613 e. The van der Waals surface area contributed by atoms with Gasteiger partial charge in [0.15, 0.2) is 0 Å². The number of nitrogens with zero attached hydrogens (tertiary/aromatic N) is 1. The topological polar surface area (TPSA) is 30.7 Å². The van der Waals surface area contributed by atoms with Crippen LogP contribution in [-0.4, -0.2) is 25.1 Å². The standard InChI is InChI=1S/C4H10N2O/c1-5-3-2-4-6(5)7/h6H,2-4H2,1H3. The quantitative estimate of drug-likeness (QED) is 0.382. The summed E-state index contributed by atoms with van der Waals surface area (Å²) in [7, 11) is 1.84. The van der Waals surface area contributed by atoms with Crippen molar-refractivity contribution < 1.29 is 5.17 Å². The summed E-state index contributed by atoms with van der Waals surface area (Å²) in [5.74, 6) is 0. The van der Waals surface area contributed by atoms with Gasteiger partial charge >= 0.3 is 0 Å². The summed E-state index contributed by atoms with van der Waals surface area (Å²) < 4.78 is 0. The highest BCUT2D eigenvalue weighted by molar-refractivity contribution is 4.43. The van der Waals surface area contributed by atoms with Crippen LogP contribution in [0.25, 0.3) is 0 Å². The third-order valence-electron chi connectivity index (χ3n) is 1.31. The lowest BCUT2D eigenvalue weighted by molar-refractivity contribution is -0.952. The van der Waals surface area contributed by atoms with E-state index in [4.69, 9.17) is 0 Å². The summed E-state index contributed by atoms with van der Waals surface area (Å²) in [5.41, 5.74) is 0. The smallest absolute Gasteiger partial charge is 0.0960 e. The summed E-state index contributed by atoms with van der Waals surface area (Å²) in [6.45, 7) is 1.72. The minimum absolute atomic E-state index is 0.292. The van der Waals surface area contributed by atoms with Gasteiger partial charge in [-0.15, -0.1) is 0 Å². The van der Waals surface area contributed by atoms with Gasteiger partial charge in [-0.05, 0) is 0 Å². The summed E-state index contributed by atoms with van der Waals surface area (Å²) >= 11 is 0. The number of nitrogens with one attached hydrogen (secondary N) is 1. The summed E-state index contributed by atoms with van der Waals surface area (Å²) in [6, 6.07) is 0. The van der Waals surface area contributed by atoms with E-state index in [-0.39, 0.29) is 0 Å². The Morgan fingerprint density at radius 2 is 2.43 bits per heavy atom. The molecule has 1 atom stereocenters. The summed E-state index contributed by atoms with van der Waals surface area (Å²) in [6.07, 6.45) is 1.05. The number of hydroxylamine groups is 1. The Morgan fingerprint density at radius 3 is 2.57 bits per heavy atom. The predicted octanol–water partition coefficient (Wildman–Crippen LogP) is -1.38. The van der Waals surface area contributed by atoms with Crippen LogP contribution < -0.4 is 5.17 Å². The lowest BCUT2D eigenvalue weighted by atomic mass is 10.5. The van der Waals surface area contributed by atoms with E-state index in [0.29, 0.717) is 5.17 Å². The van der Waals surface area contributed by atoms with Gasteiger partial charge in [0.1, 0.15) is 0 Å². The van der Waals surface area contributed by atoms with Crippen molar-refractivity contribution in [3.8, 4) is 0 Å². The second-order valence-electron chi connectivity index (χ2n) is 1.92. The lowest BCUT2D eigenvalue weighted by Crippen LogP contribution is -3.10. The Bertz CT molecular complexity index is 58.7. The molecule has 0 aromatic rings. The van der Waals surface area contributed by atoms with Crippen LogP contribution in [0.15, 0.2) is 0 Å². The first-order valence-corrected chi connectivity index (χ1v) is 2.54. The molecule has 7 heavy (non-hydrogen) atoms. The molecule has 1 fully saturated rings. The molecular weight excluding hydrogens is 92.1 g/mol. The average Bonchev–Trinajstić information content (AvgIpc) is 1.91. The molecule has 0 bridgehead atoms. The molecular formula is C4H10N2O. The van der Waals surface area contributed by atoms with E-state index < -0.39 is 0 Å². The first-order valence-electron chi connectivity index (χ1n) is 2.54. The van der Waals surface area contributed by atoms with Crippen LogP contribution in [0.2, 0.25) is 0 Å². The molecule has 1 aliphatic heterocycles. The SMILES string of the molecule is CN1CCC[NH+]1[O-]. The van der Waals surface area contributed by atoms with Crippen molar-refractivity contribution in [1.82, 2.24) is 5.01 Å². The average molecular weight is 102 g/mol. The second kappa shape index (κ2) is 1.78. The molecule has 0 aromatic heterocycles. The first kappa shape index (κ1) is 5.03. The Kier molecular flexibility index (Phi) is 1.27. The van der Waals surface area contributed by atoms with E-state index in [1.54, 1.807) is 5.01 Å². The fraction of sp³-hybridized carbons (Fsp3) is 1.00. The van der Waals surface area contributed by atoms with Crippen LogP contribution in [0.3, 0.4) is 0 Å². The van der Waals surface area contributed by atoms with Gasteiger partial charge in [-0.2, -0.15) is 5.01 Å². The number of quaternary nitrogens is 1. The van der Waals surface area contributed by atoms with Crippen molar-refractivity contribution in [2.45, 2.75) is 6.42 Å². The maximum Gasteiger partial charge on any atom is 0.0960 e. The monoisotopic (exact) mass is 102 g/mol. The number of hydrogen-bond donors (Lipinski definition) is 1. The fourth-order valence-corrected chi connectivity index (χ4v) is 0.783. The van der Waals surface area contributed by atoms with Crippen molar-refractivity contribution in [3.05, 3.63) is 5.21 Å². The van der Waals surface area contributed by atoms with Crippen LogP contribution in [-0.2, 0) is 0 Å². The predicted molar refractivity (Wildman–Crippen MR) is 26.4 cm³/mol. The lowest BCUT2D eigenvalue weighted by Gasteiger charge is -2.21. The minimum Gasteiger partial charge on any atom is -0.613 e. The Hall–Kier alpha value is -0.120. The highest BCUT2D eigenvalue weighted by atomic mass is 16.5. The Balaban J connectivity index is 2.33. The van der Waals surface area contributed by atoms with Crippen molar-refractivity contribution in [2.24, 2.45) is 0 Å². The van der Waals surface area contributed by atoms with Crippen LogP contribution in [0.5, 0.6) is 0 Å². The molecule has 1 saturated heterocycles. The molecule has 1 heterocycles. The minimum atomic E-state index is 0.292. The Morgan fingerprint density at radius 1 is 1.71 bits per heavy atom. The zero-order valence-corrected chi connectivity index (χ0v) is 4.48. The molecule has 0 aromatic carbocycles. The molecule has 0 amide bonds. The van der Waals surface area contributed by atoms with Crippen molar-refractivity contribution in [1.29, 1.82) is 0 Å². The molecule has 0 aliphatic carbocycles. The summed E-state index contributed by atoms with van der Waals surface area (Å²) in [4.78, 5) is 0. The number of hydrogen-bond acceptors (Lipinski definition) is 2. The molecule has 0 spiro atoms. The zero-order valence-electron chi connectivity index (χ0n) is 4.48. The van der Waals surface area contributed by atoms with E-state index in [1.807, 2.05) is 7.05 Å². The molecule has 1 aliphatic rings. The normalized spacial score (nSPS) is 34.3. The molecule has 1 N–H and O–H groups in total. The van der Waals surface area contributed by atoms with Crippen LogP contribution in [0.1, 0.15) is 6.42 Å². The molecule has 1 unspecified atom stereocenters. The van der Waals surface area contributed by atoms with Gasteiger partial charge in [0, 0.05) is 13.5 Å². The highest BCUT2D eigenvalue weighted by Gasteiger charge is 2.12. The fourth-order valence-electron chi connectivity index (χ4n) is 0.783. The Labute approximate surface area is 43.1 Å². The molecule has 3 heteroatoms. The number of rotatable bonds is 0. The summed E-state index contributed by atoms with van der Waals surface area (Å²) in [5, 5.41) is 12.6. The van der Waals surface area contributed by atoms with Gasteiger partial charge in [-0.3, -0.25) is 5.17 Å². The molecule has 42 valence electrons. The maximum atomic E-state index is 10.5.